The van der Waals surface area contributed by atoms with Gasteiger partial charge in [-0.1, -0.05) is 6.07 Å². The number of carbonyl (C=O) groups is 2. The second-order valence-electron chi connectivity index (χ2n) is 6.78. The van der Waals surface area contributed by atoms with E-state index in [9.17, 15) is 19.7 Å². The largest absolute Gasteiger partial charge is 0.490 e. The van der Waals surface area contributed by atoms with E-state index >= 15 is 0 Å². The number of thioether (sulfide) groups is 1. The Morgan fingerprint density at radius 3 is 2.54 bits per heavy atom. The van der Waals surface area contributed by atoms with Gasteiger partial charge >= 0.3 is 5.69 Å². The van der Waals surface area contributed by atoms with E-state index in [2.05, 4.69) is 10.6 Å². The smallest absolute Gasteiger partial charge is 0.311 e. The quantitative estimate of drug-likeness (QED) is 0.526. The number of benzene rings is 1. The molecule has 0 heterocycles. The number of nitrogens with one attached hydrogen (secondary N) is 2. The fraction of sp³-hybridized carbons (Fsp3) is 0.529. The molecule has 0 aliphatic rings. The summed E-state index contributed by atoms with van der Waals surface area (Å²) in [6.07, 6.45) is 0. The number of nitro groups is 1. The van der Waals surface area contributed by atoms with Crippen LogP contribution in [0.4, 0.5) is 5.69 Å². The number of nitrogens with zero attached hydrogens (tertiary/aromatic N) is 1. The predicted octanol–water partition coefficient (Wildman–Crippen LogP) is 2.26. The Kier molecular flexibility index (Phi) is 7.88. The average Bonchev–Trinajstić information content (AvgIpc) is 2.52. The van der Waals surface area contributed by atoms with Crippen LogP contribution in [0.2, 0.25) is 0 Å². The lowest BCUT2D eigenvalue weighted by Gasteiger charge is -2.23. The number of methoxy groups -OCH3 is 1. The SMILES string of the molecule is COc1ccc(CSCC(=O)NC(C)C(=O)NC(C)(C)C)cc1[N+](=O)[O-]. The van der Waals surface area contributed by atoms with Gasteiger partial charge in [-0.05, 0) is 39.3 Å². The van der Waals surface area contributed by atoms with Gasteiger partial charge in [0.1, 0.15) is 6.04 Å². The van der Waals surface area contributed by atoms with E-state index in [1.165, 1.54) is 31.0 Å². The molecule has 2 N–H and O–H groups in total. The first-order valence-corrected chi connectivity index (χ1v) is 9.19. The molecule has 144 valence electrons. The Hall–Kier alpha value is -2.29. The molecule has 8 nitrogen and oxygen atoms in total. The molecule has 0 aliphatic heterocycles. The van der Waals surface area contributed by atoms with Gasteiger partial charge in [0.15, 0.2) is 5.75 Å². The van der Waals surface area contributed by atoms with Crippen LogP contribution in [0.1, 0.15) is 33.3 Å². The van der Waals surface area contributed by atoms with Crippen LogP contribution in [0.3, 0.4) is 0 Å². The molecule has 1 rings (SSSR count). The molecule has 9 heteroatoms. The van der Waals surface area contributed by atoms with Gasteiger partial charge < -0.3 is 15.4 Å². The first-order valence-electron chi connectivity index (χ1n) is 8.04. The first-order chi connectivity index (χ1) is 12.0. The molecule has 1 atom stereocenters. The second-order valence-corrected chi connectivity index (χ2v) is 7.77. The van der Waals surface area contributed by atoms with Crippen LogP contribution in [0.5, 0.6) is 5.75 Å². The number of hydrogen-bond donors (Lipinski definition) is 2. The van der Waals surface area contributed by atoms with Crippen molar-refractivity contribution in [3.05, 3.63) is 33.9 Å². The van der Waals surface area contributed by atoms with Crippen molar-refractivity contribution in [2.45, 2.75) is 45.0 Å². The Morgan fingerprint density at radius 2 is 2.00 bits per heavy atom. The molecule has 1 aromatic carbocycles. The van der Waals surface area contributed by atoms with E-state index in [0.717, 1.165) is 0 Å². The Balaban J connectivity index is 2.50. The Labute approximate surface area is 157 Å². The molecule has 0 radical (unpaired) electrons. The van der Waals surface area contributed by atoms with Gasteiger partial charge in [-0.15, -0.1) is 11.8 Å². The van der Waals surface area contributed by atoms with Crippen LogP contribution in [-0.2, 0) is 15.3 Å². The summed E-state index contributed by atoms with van der Waals surface area (Å²) in [4.78, 5) is 34.4. The number of rotatable bonds is 8. The van der Waals surface area contributed by atoms with Crippen molar-refractivity contribution >= 4 is 29.3 Å². The Morgan fingerprint density at radius 1 is 1.35 bits per heavy atom. The average molecular weight is 383 g/mol. The maximum atomic E-state index is 11.9. The van der Waals surface area contributed by atoms with Crippen molar-refractivity contribution in [2.75, 3.05) is 12.9 Å². The van der Waals surface area contributed by atoms with E-state index in [1.807, 2.05) is 20.8 Å². The van der Waals surface area contributed by atoms with Crippen molar-refractivity contribution in [1.29, 1.82) is 0 Å². The highest BCUT2D eigenvalue weighted by molar-refractivity contribution is 7.99. The minimum absolute atomic E-state index is 0.109. The summed E-state index contributed by atoms with van der Waals surface area (Å²) >= 11 is 1.31. The molecular weight excluding hydrogens is 358 g/mol. The number of ether oxygens (including phenoxy) is 1. The second kappa shape index (κ2) is 9.42. The highest BCUT2D eigenvalue weighted by atomic mass is 32.2. The maximum absolute atomic E-state index is 11.9. The summed E-state index contributed by atoms with van der Waals surface area (Å²) in [5, 5.41) is 16.4. The highest BCUT2D eigenvalue weighted by Gasteiger charge is 2.20. The molecule has 26 heavy (non-hydrogen) atoms. The van der Waals surface area contributed by atoms with Crippen molar-refractivity contribution in [2.24, 2.45) is 0 Å². The molecular formula is C17H25N3O5S. The zero-order valence-corrected chi connectivity index (χ0v) is 16.4. The Bertz CT molecular complexity index is 673. The predicted molar refractivity (Wildman–Crippen MR) is 101 cm³/mol. The maximum Gasteiger partial charge on any atom is 0.311 e. The number of nitro benzene ring substituents is 1. The minimum atomic E-state index is -0.635. The third-order valence-electron chi connectivity index (χ3n) is 3.21. The summed E-state index contributed by atoms with van der Waals surface area (Å²) in [5.41, 5.74) is 0.241. The van der Waals surface area contributed by atoms with Crippen molar-refractivity contribution < 1.29 is 19.2 Å². The summed E-state index contributed by atoms with van der Waals surface area (Å²) < 4.78 is 4.95. The molecule has 1 unspecified atom stereocenters. The number of hydrogen-bond acceptors (Lipinski definition) is 6. The van der Waals surface area contributed by atoms with Crippen LogP contribution in [-0.4, -0.2) is 41.2 Å². The van der Waals surface area contributed by atoms with E-state index < -0.39 is 11.0 Å². The fourth-order valence-electron chi connectivity index (χ4n) is 2.06. The summed E-state index contributed by atoms with van der Waals surface area (Å²) in [6.45, 7) is 7.21. The number of amides is 2. The normalized spacial score (nSPS) is 12.2. The molecule has 0 spiro atoms. The van der Waals surface area contributed by atoms with E-state index in [1.54, 1.807) is 13.0 Å². The lowest BCUT2D eigenvalue weighted by atomic mass is 10.1. The summed E-state index contributed by atoms with van der Waals surface area (Å²) in [7, 11) is 1.37. The monoisotopic (exact) mass is 383 g/mol. The summed E-state index contributed by atoms with van der Waals surface area (Å²) in [6, 6.07) is 4.05. The van der Waals surface area contributed by atoms with Gasteiger partial charge in [0.25, 0.3) is 0 Å². The van der Waals surface area contributed by atoms with Gasteiger partial charge in [0.05, 0.1) is 17.8 Å². The third kappa shape index (κ3) is 7.30. The van der Waals surface area contributed by atoms with Gasteiger partial charge in [-0.2, -0.15) is 0 Å². The first kappa shape index (κ1) is 21.8. The standard InChI is InChI=1S/C17H25N3O5S/c1-11(16(22)19-17(2,3)4)18-15(21)10-26-9-12-6-7-14(25-5)13(8-12)20(23)24/h6-8,11H,9-10H2,1-5H3,(H,18,21)(H,19,22). The number of carbonyl (C=O) groups excluding carboxylic acids is 2. The lowest BCUT2D eigenvalue weighted by Crippen LogP contribution is -2.51. The topological polar surface area (TPSA) is 111 Å². The van der Waals surface area contributed by atoms with Crippen LogP contribution < -0.4 is 15.4 Å². The lowest BCUT2D eigenvalue weighted by molar-refractivity contribution is -0.385. The van der Waals surface area contributed by atoms with Crippen LogP contribution in [0, 0.1) is 10.1 Å². The minimum Gasteiger partial charge on any atom is -0.490 e. The van der Waals surface area contributed by atoms with Crippen molar-refractivity contribution in [3.63, 3.8) is 0 Å². The molecule has 0 saturated carbocycles. The summed E-state index contributed by atoms with van der Waals surface area (Å²) in [5.74, 6) is 0.254. The van der Waals surface area contributed by atoms with E-state index in [0.29, 0.717) is 11.3 Å². The van der Waals surface area contributed by atoms with Crippen molar-refractivity contribution in [3.8, 4) is 5.75 Å². The zero-order valence-electron chi connectivity index (χ0n) is 15.6. The van der Waals surface area contributed by atoms with E-state index in [-0.39, 0.29) is 34.5 Å². The zero-order chi connectivity index (χ0) is 19.9. The fourth-order valence-corrected chi connectivity index (χ4v) is 2.84. The van der Waals surface area contributed by atoms with Crippen LogP contribution >= 0.6 is 11.8 Å². The molecule has 0 aromatic heterocycles. The van der Waals surface area contributed by atoms with Crippen LogP contribution in [0.15, 0.2) is 18.2 Å². The van der Waals surface area contributed by atoms with Gasteiger partial charge in [0.2, 0.25) is 11.8 Å². The molecule has 2 amide bonds. The molecule has 1 aromatic rings. The van der Waals surface area contributed by atoms with Crippen LogP contribution in [0.25, 0.3) is 0 Å². The molecule has 0 aliphatic carbocycles. The van der Waals surface area contributed by atoms with Gasteiger partial charge in [-0.25, -0.2) is 0 Å². The third-order valence-corrected chi connectivity index (χ3v) is 4.21. The molecule has 0 fully saturated rings. The van der Waals surface area contributed by atoms with Crippen molar-refractivity contribution in [1.82, 2.24) is 10.6 Å². The van der Waals surface area contributed by atoms with Gasteiger partial charge in [-0.3, -0.25) is 19.7 Å². The van der Waals surface area contributed by atoms with E-state index in [4.69, 9.17) is 4.74 Å². The highest BCUT2D eigenvalue weighted by Crippen LogP contribution is 2.28. The molecule has 0 saturated heterocycles. The molecule has 0 bridgehead atoms. The van der Waals surface area contributed by atoms with Gasteiger partial charge in [0, 0.05) is 17.4 Å².